The third-order valence-corrected chi connectivity index (χ3v) is 6.68. The minimum absolute atomic E-state index is 0.0421. The Morgan fingerprint density at radius 2 is 1.97 bits per heavy atom. The van der Waals surface area contributed by atoms with Gasteiger partial charge >= 0.3 is 0 Å². The lowest BCUT2D eigenvalue weighted by atomic mass is 10.1. The van der Waals surface area contributed by atoms with Crippen LogP contribution in [-0.4, -0.2) is 39.6 Å². The quantitative estimate of drug-likeness (QED) is 0.695. The highest BCUT2D eigenvalue weighted by atomic mass is 35.5. The molecule has 0 aromatic heterocycles. The van der Waals surface area contributed by atoms with Gasteiger partial charge in [0.25, 0.3) is 0 Å². The fourth-order valence-corrected chi connectivity index (χ4v) is 4.59. The van der Waals surface area contributed by atoms with Crippen molar-refractivity contribution in [2.75, 3.05) is 33.9 Å². The van der Waals surface area contributed by atoms with Crippen molar-refractivity contribution in [2.24, 2.45) is 0 Å². The van der Waals surface area contributed by atoms with E-state index in [0.717, 1.165) is 28.2 Å². The molecule has 7 nitrogen and oxygen atoms in total. The molecular formula is C20H21Cl2N3O4S. The normalized spacial score (nSPS) is 14.1. The second-order valence-electron chi connectivity index (χ2n) is 7.04. The number of anilines is 3. The maximum absolute atomic E-state index is 12.6. The summed E-state index contributed by atoms with van der Waals surface area (Å²) >= 11 is 12.1. The molecule has 0 radical (unpaired) electrons. The number of sulfonamides is 1. The summed E-state index contributed by atoms with van der Waals surface area (Å²) in [5.41, 5.74) is 2.22. The number of aryl methyl sites for hydroxylation is 1. The van der Waals surface area contributed by atoms with Gasteiger partial charge in [0, 0.05) is 24.3 Å². The van der Waals surface area contributed by atoms with Crippen LogP contribution in [0.3, 0.4) is 0 Å². The predicted molar refractivity (Wildman–Crippen MR) is 120 cm³/mol. The number of amides is 2. The van der Waals surface area contributed by atoms with E-state index in [1.165, 1.54) is 12.1 Å². The van der Waals surface area contributed by atoms with Gasteiger partial charge in [-0.15, -0.1) is 0 Å². The van der Waals surface area contributed by atoms with Gasteiger partial charge in [0.1, 0.15) is 6.54 Å². The Bertz CT molecular complexity index is 1110. The lowest BCUT2D eigenvalue weighted by molar-refractivity contribution is -0.117. The van der Waals surface area contributed by atoms with Crippen LogP contribution in [0.4, 0.5) is 17.1 Å². The van der Waals surface area contributed by atoms with Crippen LogP contribution < -0.4 is 14.5 Å². The molecule has 3 rings (SSSR count). The predicted octanol–water partition coefficient (Wildman–Crippen LogP) is 3.83. The van der Waals surface area contributed by atoms with Crippen molar-refractivity contribution in [2.45, 2.75) is 19.8 Å². The SMILES string of the molecule is Cc1ccc(NC(=O)CN(c2cccc(Cl)c2Cl)S(C)(=O)=O)cc1N1CCCC1=O. The van der Waals surface area contributed by atoms with E-state index in [9.17, 15) is 18.0 Å². The third-order valence-electron chi connectivity index (χ3n) is 4.74. The molecule has 1 fully saturated rings. The van der Waals surface area contributed by atoms with Crippen molar-refractivity contribution in [1.82, 2.24) is 0 Å². The van der Waals surface area contributed by atoms with Gasteiger partial charge in [0.2, 0.25) is 21.8 Å². The summed E-state index contributed by atoms with van der Waals surface area (Å²) < 4.78 is 25.5. The van der Waals surface area contributed by atoms with E-state index in [2.05, 4.69) is 5.32 Å². The van der Waals surface area contributed by atoms with E-state index in [4.69, 9.17) is 23.2 Å². The Balaban J connectivity index is 1.83. The molecule has 160 valence electrons. The highest BCUT2D eigenvalue weighted by Gasteiger charge is 2.25. The van der Waals surface area contributed by atoms with Crippen LogP contribution in [0.2, 0.25) is 10.0 Å². The molecule has 0 unspecified atom stereocenters. The first kappa shape index (κ1) is 22.4. The summed E-state index contributed by atoms with van der Waals surface area (Å²) in [6, 6.07) is 9.78. The zero-order valence-corrected chi connectivity index (χ0v) is 18.8. The first-order valence-electron chi connectivity index (χ1n) is 9.20. The molecule has 0 saturated carbocycles. The van der Waals surface area contributed by atoms with E-state index >= 15 is 0 Å². The largest absolute Gasteiger partial charge is 0.324 e. The molecular weight excluding hydrogens is 449 g/mol. The number of rotatable bonds is 6. The molecule has 0 spiro atoms. The molecule has 1 heterocycles. The monoisotopic (exact) mass is 469 g/mol. The number of halogens is 2. The number of carbonyl (C=O) groups is 2. The second-order valence-corrected chi connectivity index (χ2v) is 9.73. The van der Waals surface area contributed by atoms with Gasteiger partial charge in [-0.25, -0.2) is 8.42 Å². The van der Waals surface area contributed by atoms with E-state index < -0.39 is 22.5 Å². The zero-order chi connectivity index (χ0) is 22.1. The van der Waals surface area contributed by atoms with Crippen molar-refractivity contribution in [1.29, 1.82) is 0 Å². The number of hydrogen-bond acceptors (Lipinski definition) is 4. The first-order valence-corrected chi connectivity index (χ1v) is 11.8. The Kier molecular flexibility index (Phi) is 6.59. The number of hydrogen-bond donors (Lipinski definition) is 1. The standard InChI is InChI=1S/C20H21Cl2N3O4S/c1-13-8-9-14(11-17(13)24-10-4-7-19(24)27)23-18(26)12-25(30(2,28)29)16-6-3-5-15(21)20(16)22/h3,5-6,8-9,11H,4,7,10,12H2,1-2H3,(H,23,26). The fraction of sp³-hybridized carbons (Fsp3) is 0.300. The van der Waals surface area contributed by atoms with Crippen molar-refractivity contribution in [3.63, 3.8) is 0 Å². The van der Waals surface area contributed by atoms with E-state index in [0.29, 0.717) is 18.7 Å². The number of nitrogens with zero attached hydrogens (tertiary/aromatic N) is 2. The van der Waals surface area contributed by atoms with E-state index in [1.54, 1.807) is 29.2 Å². The molecule has 2 aromatic rings. The van der Waals surface area contributed by atoms with Gasteiger partial charge in [-0.3, -0.25) is 13.9 Å². The van der Waals surface area contributed by atoms with Crippen LogP contribution in [0.5, 0.6) is 0 Å². The molecule has 1 aliphatic heterocycles. The highest BCUT2D eigenvalue weighted by molar-refractivity contribution is 7.92. The van der Waals surface area contributed by atoms with Gasteiger partial charge in [-0.1, -0.05) is 35.3 Å². The second kappa shape index (κ2) is 8.83. The molecule has 1 aliphatic rings. The molecule has 0 bridgehead atoms. The Morgan fingerprint density at radius 1 is 1.23 bits per heavy atom. The molecule has 0 aliphatic carbocycles. The van der Waals surface area contributed by atoms with Crippen LogP contribution in [-0.2, 0) is 19.6 Å². The smallest absolute Gasteiger partial charge is 0.245 e. The van der Waals surface area contributed by atoms with Crippen LogP contribution in [0, 0.1) is 6.92 Å². The molecule has 10 heteroatoms. The van der Waals surface area contributed by atoms with Gasteiger partial charge in [0.05, 0.1) is 22.0 Å². The van der Waals surface area contributed by atoms with Crippen molar-refractivity contribution in [3.8, 4) is 0 Å². The fourth-order valence-electron chi connectivity index (χ4n) is 3.28. The summed E-state index contributed by atoms with van der Waals surface area (Å²) in [7, 11) is -3.80. The molecule has 2 aromatic carbocycles. The summed E-state index contributed by atoms with van der Waals surface area (Å²) in [5.74, 6) is -0.514. The summed E-state index contributed by atoms with van der Waals surface area (Å²) in [5, 5.41) is 2.92. The van der Waals surface area contributed by atoms with Crippen LogP contribution >= 0.6 is 23.2 Å². The van der Waals surface area contributed by atoms with Gasteiger partial charge in [0.15, 0.2) is 0 Å². The molecule has 1 saturated heterocycles. The summed E-state index contributed by atoms with van der Waals surface area (Å²) in [6.45, 7) is 2.04. The van der Waals surface area contributed by atoms with Gasteiger partial charge in [-0.2, -0.15) is 0 Å². The highest BCUT2D eigenvalue weighted by Crippen LogP contribution is 2.34. The average Bonchev–Trinajstić information content (AvgIpc) is 3.09. The number of benzene rings is 2. The minimum Gasteiger partial charge on any atom is -0.324 e. The number of nitrogens with one attached hydrogen (secondary N) is 1. The van der Waals surface area contributed by atoms with Gasteiger partial charge in [-0.05, 0) is 43.2 Å². The third kappa shape index (κ3) is 4.88. The molecule has 2 amide bonds. The topological polar surface area (TPSA) is 86.8 Å². The first-order chi connectivity index (χ1) is 14.1. The summed E-state index contributed by atoms with van der Waals surface area (Å²) in [4.78, 5) is 26.4. The molecule has 0 atom stereocenters. The lowest BCUT2D eigenvalue weighted by Gasteiger charge is -2.23. The Labute approximate surface area is 185 Å². The van der Waals surface area contributed by atoms with Crippen molar-refractivity contribution >= 4 is 62.1 Å². The van der Waals surface area contributed by atoms with Crippen LogP contribution in [0.15, 0.2) is 36.4 Å². The molecule has 30 heavy (non-hydrogen) atoms. The Hall–Kier alpha value is -2.29. The van der Waals surface area contributed by atoms with Crippen LogP contribution in [0.25, 0.3) is 0 Å². The summed E-state index contributed by atoms with van der Waals surface area (Å²) in [6.07, 6.45) is 2.28. The zero-order valence-electron chi connectivity index (χ0n) is 16.5. The van der Waals surface area contributed by atoms with Crippen molar-refractivity contribution in [3.05, 3.63) is 52.0 Å². The van der Waals surface area contributed by atoms with E-state index in [1.807, 2.05) is 6.92 Å². The maximum Gasteiger partial charge on any atom is 0.245 e. The lowest BCUT2D eigenvalue weighted by Crippen LogP contribution is -2.37. The minimum atomic E-state index is -3.80. The van der Waals surface area contributed by atoms with E-state index in [-0.39, 0.29) is 21.6 Å². The van der Waals surface area contributed by atoms with Crippen LogP contribution in [0.1, 0.15) is 18.4 Å². The number of carbonyl (C=O) groups excluding carboxylic acids is 2. The van der Waals surface area contributed by atoms with Gasteiger partial charge < -0.3 is 10.2 Å². The maximum atomic E-state index is 12.6. The van der Waals surface area contributed by atoms with Crippen molar-refractivity contribution < 1.29 is 18.0 Å². The Morgan fingerprint density at radius 3 is 2.60 bits per heavy atom. The molecule has 1 N–H and O–H groups in total. The average molecular weight is 470 g/mol.